The van der Waals surface area contributed by atoms with Gasteiger partial charge in [0.05, 0.1) is 6.20 Å². The number of hydrogen-bond acceptors (Lipinski definition) is 4. The van der Waals surface area contributed by atoms with E-state index in [9.17, 15) is 4.79 Å². The number of carbonyl (C=O) groups excluding carboxylic acids is 1. The van der Waals surface area contributed by atoms with Crippen molar-refractivity contribution in [1.29, 1.82) is 0 Å². The van der Waals surface area contributed by atoms with Gasteiger partial charge in [-0.1, -0.05) is 19.4 Å². The lowest BCUT2D eigenvalue weighted by atomic mass is 10.0. The van der Waals surface area contributed by atoms with Crippen molar-refractivity contribution < 1.29 is 4.79 Å². The molecular formula is C19H28N4O. The molecule has 2 rings (SSSR count). The zero-order valence-electron chi connectivity index (χ0n) is 15.6. The predicted molar refractivity (Wildman–Crippen MR) is 98.3 cm³/mol. The molecule has 1 aliphatic carbocycles. The maximum Gasteiger partial charge on any atom is 0.278 e. The Morgan fingerprint density at radius 3 is 2.42 bits per heavy atom. The van der Waals surface area contributed by atoms with Crippen molar-refractivity contribution in [3.63, 3.8) is 0 Å². The van der Waals surface area contributed by atoms with Crippen LogP contribution >= 0.6 is 0 Å². The molecule has 0 bridgehead atoms. The van der Waals surface area contributed by atoms with Crippen LogP contribution in [-0.2, 0) is 0 Å². The van der Waals surface area contributed by atoms with Crippen LogP contribution in [0.5, 0.6) is 0 Å². The Kier molecular flexibility index (Phi) is 5.11. The van der Waals surface area contributed by atoms with Crippen molar-refractivity contribution >= 4 is 12.6 Å². The normalized spacial score (nSPS) is 16.5. The van der Waals surface area contributed by atoms with Gasteiger partial charge in [0.15, 0.2) is 0 Å². The van der Waals surface area contributed by atoms with Crippen LogP contribution in [-0.4, -0.2) is 27.9 Å². The first-order valence-electron chi connectivity index (χ1n) is 8.41. The minimum Gasteiger partial charge on any atom is -0.365 e. The highest BCUT2D eigenvalue weighted by molar-refractivity contribution is 5.99. The first kappa shape index (κ1) is 18.2. The minimum atomic E-state index is -0.136. The van der Waals surface area contributed by atoms with Gasteiger partial charge in [-0.2, -0.15) is 5.10 Å². The van der Waals surface area contributed by atoms with Crippen molar-refractivity contribution in [2.75, 3.05) is 0 Å². The molecule has 1 N–H and O–H groups in total. The molecule has 0 atom stereocenters. The van der Waals surface area contributed by atoms with E-state index in [2.05, 4.69) is 42.9 Å². The van der Waals surface area contributed by atoms with Gasteiger partial charge in [0.1, 0.15) is 5.82 Å². The van der Waals surface area contributed by atoms with Gasteiger partial charge in [0, 0.05) is 22.9 Å². The summed E-state index contributed by atoms with van der Waals surface area (Å²) < 4.78 is 1.42. The smallest absolute Gasteiger partial charge is 0.278 e. The monoisotopic (exact) mass is 328 g/mol. The Hall–Kier alpha value is -2.17. The summed E-state index contributed by atoms with van der Waals surface area (Å²) in [6, 6.07) is 0. The lowest BCUT2D eigenvalue weighted by molar-refractivity contribution is 0.0941. The molecule has 24 heavy (non-hydrogen) atoms. The number of allylic oxidation sites excluding steroid dienone is 3. The molecule has 0 aromatic carbocycles. The third kappa shape index (κ3) is 3.83. The van der Waals surface area contributed by atoms with Gasteiger partial charge in [-0.15, -0.1) is 0 Å². The quantitative estimate of drug-likeness (QED) is 0.487. The molecule has 1 aromatic heterocycles. The van der Waals surface area contributed by atoms with Gasteiger partial charge >= 0.3 is 0 Å². The zero-order valence-corrected chi connectivity index (χ0v) is 15.6. The molecule has 0 spiro atoms. The lowest BCUT2D eigenvalue weighted by Crippen LogP contribution is -2.28. The maximum atomic E-state index is 13.0. The van der Waals surface area contributed by atoms with E-state index < -0.39 is 0 Å². The minimum absolute atomic E-state index is 0.0735. The van der Waals surface area contributed by atoms with Gasteiger partial charge < -0.3 is 5.32 Å². The average molecular weight is 328 g/mol. The maximum absolute atomic E-state index is 13.0. The van der Waals surface area contributed by atoms with Crippen LogP contribution in [0.25, 0.3) is 0 Å². The SMILES string of the molecule is C=N/C(NC1(C)CC1)=C(\C)C(C(=O)n1cc(C(C)C)cn1)=C(C)C. The summed E-state index contributed by atoms with van der Waals surface area (Å²) in [5, 5.41) is 7.66. The molecule has 1 saturated carbocycles. The van der Waals surface area contributed by atoms with E-state index in [0.29, 0.717) is 17.3 Å². The summed E-state index contributed by atoms with van der Waals surface area (Å²) in [4.78, 5) is 17.1. The molecule has 0 saturated heterocycles. The van der Waals surface area contributed by atoms with Crippen LogP contribution < -0.4 is 5.32 Å². The molecule has 5 nitrogen and oxygen atoms in total. The zero-order chi connectivity index (χ0) is 18.1. The van der Waals surface area contributed by atoms with Crippen LogP contribution in [0.3, 0.4) is 0 Å². The molecular weight excluding hydrogens is 300 g/mol. The molecule has 1 fully saturated rings. The first-order valence-corrected chi connectivity index (χ1v) is 8.41. The summed E-state index contributed by atoms with van der Waals surface area (Å²) in [6.45, 7) is 15.8. The van der Waals surface area contributed by atoms with E-state index in [1.807, 2.05) is 20.8 Å². The fraction of sp³-hybridized carbons (Fsp3) is 0.526. The first-order chi connectivity index (χ1) is 11.2. The fourth-order valence-corrected chi connectivity index (χ4v) is 2.58. The van der Waals surface area contributed by atoms with Crippen molar-refractivity contribution in [2.45, 2.75) is 65.8 Å². The summed E-state index contributed by atoms with van der Waals surface area (Å²) >= 11 is 0. The van der Waals surface area contributed by atoms with E-state index >= 15 is 0 Å². The van der Waals surface area contributed by atoms with E-state index in [-0.39, 0.29) is 11.4 Å². The number of aromatic nitrogens is 2. The van der Waals surface area contributed by atoms with Gasteiger partial charge in [0.25, 0.3) is 5.91 Å². The number of rotatable bonds is 6. The van der Waals surface area contributed by atoms with Crippen LogP contribution in [0.1, 0.15) is 70.7 Å². The number of hydrogen-bond donors (Lipinski definition) is 1. The molecule has 0 unspecified atom stereocenters. The van der Waals surface area contributed by atoms with Crippen molar-refractivity contribution in [3.8, 4) is 0 Å². The molecule has 130 valence electrons. The molecule has 0 radical (unpaired) electrons. The third-order valence-electron chi connectivity index (χ3n) is 4.50. The third-order valence-corrected chi connectivity index (χ3v) is 4.50. The summed E-state index contributed by atoms with van der Waals surface area (Å²) in [6.07, 6.45) is 5.77. The number of nitrogens with one attached hydrogen (secondary N) is 1. The summed E-state index contributed by atoms with van der Waals surface area (Å²) in [5.74, 6) is 0.874. The Morgan fingerprint density at radius 1 is 1.38 bits per heavy atom. The fourth-order valence-electron chi connectivity index (χ4n) is 2.58. The van der Waals surface area contributed by atoms with E-state index in [1.165, 1.54) is 4.68 Å². The average Bonchev–Trinajstić information content (AvgIpc) is 3.03. The van der Waals surface area contributed by atoms with Crippen molar-refractivity contribution in [3.05, 3.63) is 40.5 Å². The molecule has 5 heteroatoms. The summed E-state index contributed by atoms with van der Waals surface area (Å²) in [5.41, 5.74) is 3.49. The second-order valence-electron chi connectivity index (χ2n) is 7.37. The number of nitrogens with zero attached hydrogens (tertiary/aromatic N) is 3. The Bertz CT molecular complexity index is 713. The van der Waals surface area contributed by atoms with Gasteiger partial charge in [-0.3, -0.25) is 4.79 Å². The van der Waals surface area contributed by atoms with Gasteiger partial charge in [-0.25, -0.2) is 9.67 Å². The van der Waals surface area contributed by atoms with Crippen molar-refractivity contribution in [1.82, 2.24) is 15.1 Å². The molecule has 1 heterocycles. The topological polar surface area (TPSA) is 59.3 Å². The van der Waals surface area contributed by atoms with Crippen molar-refractivity contribution in [2.24, 2.45) is 4.99 Å². The molecule has 0 aliphatic heterocycles. The highest BCUT2D eigenvalue weighted by Crippen LogP contribution is 2.36. The number of carbonyl (C=O) groups is 1. The molecule has 1 aliphatic rings. The Labute approximate surface area is 144 Å². The Balaban J connectivity index is 2.39. The largest absolute Gasteiger partial charge is 0.365 e. The van der Waals surface area contributed by atoms with Crippen LogP contribution in [0.15, 0.2) is 39.9 Å². The van der Waals surface area contributed by atoms with E-state index in [4.69, 9.17) is 0 Å². The second kappa shape index (κ2) is 6.75. The van der Waals surface area contributed by atoms with Gasteiger partial charge in [-0.05, 0) is 58.7 Å². The molecule has 0 amide bonds. The summed E-state index contributed by atoms with van der Waals surface area (Å²) in [7, 11) is 0. The highest BCUT2D eigenvalue weighted by atomic mass is 16.2. The standard InChI is InChI=1S/C19H28N4O/c1-12(2)15-10-21-23(11-15)18(24)16(13(3)4)14(5)17(20-7)22-19(6)8-9-19/h10-12,22H,7-9H2,1-6H3/b17-14-. The van der Waals surface area contributed by atoms with E-state index in [0.717, 1.165) is 29.6 Å². The van der Waals surface area contributed by atoms with Crippen LogP contribution in [0, 0.1) is 0 Å². The highest BCUT2D eigenvalue weighted by Gasteiger charge is 2.38. The number of aliphatic imine (C=N–C) groups is 1. The predicted octanol–water partition coefficient (Wildman–Crippen LogP) is 4.06. The molecule has 1 aromatic rings. The van der Waals surface area contributed by atoms with Gasteiger partial charge in [0.2, 0.25) is 0 Å². The van der Waals surface area contributed by atoms with E-state index in [1.54, 1.807) is 12.4 Å². The lowest BCUT2D eigenvalue weighted by Gasteiger charge is -2.18. The van der Waals surface area contributed by atoms with Crippen LogP contribution in [0.2, 0.25) is 0 Å². The Morgan fingerprint density at radius 2 is 2.00 bits per heavy atom. The van der Waals surface area contributed by atoms with Crippen LogP contribution in [0.4, 0.5) is 0 Å². The second-order valence-corrected chi connectivity index (χ2v) is 7.37.